The van der Waals surface area contributed by atoms with Crippen LogP contribution in [0.4, 0.5) is 0 Å². The molecule has 3 heterocycles. The molecule has 2 aromatic heterocycles. The molecule has 0 amide bonds. The highest BCUT2D eigenvalue weighted by molar-refractivity contribution is 9.10. The lowest BCUT2D eigenvalue weighted by atomic mass is 10.1. The highest BCUT2D eigenvalue weighted by Crippen LogP contribution is 2.21. The number of aromatic nitrogens is 2. The topological polar surface area (TPSA) is 30.2 Å². The molecular formula is C12H10BrN3. The van der Waals surface area contributed by atoms with E-state index in [9.17, 15) is 0 Å². The number of rotatable bonds is 1. The summed E-state index contributed by atoms with van der Waals surface area (Å²) in [4.78, 5) is 8.73. The lowest BCUT2D eigenvalue weighted by Gasteiger charge is -2.17. The molecule has 0 bridgehead atoms. The first kappa shape index (κ1) is 9.78. The van der Waals surface area contributed by atoms with Gasteiger partial charge in [0.15, 0.2) is 0 Å². The van der Waals surface area contributed by atoms with Gasteiger partial charge in [-0.2, -0.15) is 0 Å². The van der Waals surface area contributed by atoms with Crippen molar-refractivity contribution >= 4 is 21.6 Å². The highest BCUT2D eigenvalue weighted by atomic mass is 79.9. The third-order valence-corrected chi connectivity index (χ3v) is 3.39. The number of halogens is 1. The smallest absolute Gasteiger partial charge is 0.0899 e. The first-order valence-corrected chi connectivity index (χ1v) is 5.96. The number of nitrogens with zero attached hydrogens (tertiary/aromatic N) is 3. The summed E-state index contributed by atoms with van der Waals surface area (Å²) in [6.45, 7) is 1.76. The van der Waals surface area contributed by atoms with Crippen molar-refractivity contribution in [1.29, 1.82) is 0 Å². The Morgan fingerprint density at radius 2 is 2.19 bits per heavy atom. The van der Waals surface area contributed by atoms with Gasteiger partial charge in [0.1, 0.15) is 0 Å². The molecule has 2 aromatic rings. The van der Waals surface area contributed by atoms with Crippen LogP contribution in [-0.2, 0) is 6.54 Å². The van der Waals surface area contributed by atoms with E-state index in [1.54, 1.807) is 6.20 Å². The summed E-state index contributed by atoms with van der Waals surface area (Å²) in [5.74, 6) is 0. The monoisotopic (exact) mass is 275 g/mol. The van der Waals surface area contributed by atoms with Crippen LogP contribution in [-0.4, -0.2) is 21.8 Å². The molecule has 16 heavy (non-hydrogen) atoms. The van der Waals surface area contributed by atoms with Gasteiger partial charge >= 0.3 is 0 Å². The molecule has 0 aliphatic carbocycles. The second-order valence-corrected chi connectivity index (χ2v) is 4.48. The van der Waals surface area contributed by atoms with Crippen molar-refractivity contribution in [2.24, 2.45) is 4.99 Å². The Labute approximate surface area is 102 Å². The minimum absolute atomic E-state index is 0.824. The van der Waals surface area contributed by atoms with E-state index in [2.05, 4.69) is 42.6 Å². The molecule has 4 heteroatoms. The zero-order chi connectivity index (χ0) is 11.0. The lowest BCUT2D eigenvalue weighted by molar-refractivity contribution is 0.678. The molecule has 0 aromatic carbocycles. The number of hydrogen-bond acceptors (Lipinski definition) is 2. The minimum atomic E-state index is 0.824. The molecule has 1 aliphatic rings. The Balaban J connectivity index is 2.13. The molecular weight excluding hydrogens is 266 g/mol. The summed E-state index contributed by atoms with van der Waals surface area (Å²) in [5.41, 5.74) is 3.27. The van der Waals surface area contributed by atoms with Crippen LogP contribution < -0.4 is 0 Å². The SMILES string of the molecule is Brc1ccc2n1CCN=C2c1cccnc1. The fourth-order valence-corrected chi connectivity index (χ4v) is 2.46. The average Bonchev–Trinajstić information content (AvgIpc) is 2.73. The molecule has 80 valence electrons. The van der Waals surface area contributed by atoms with Gasteiger partial charge in [0.2, 0.25) is 0 Å². The van der Waals surface area contributed by atoms with Crippen LogP contribution in [0.1, 0.15) is 11.3 Å². The number of pyridine rings is 1. The van der Waals surface area contributed by atoms with Gasteiger partial charge in [0.05, 0.1) is 22.6 Å². The molecule has 0 spiro atoms. The Kier molecular flexibility index (Phi) is 2.36. The molecule has 0 unspecified atom stereocenters. The summed E-state index contributed by atoms with van der Waals surface area (Å²) >= 11 is 3.54. The largest absolute Gasteiger partial charge is 0.332 e. The van der Waals surface area contributed by atoms with Crippen molar-refractivity contribution in [3.05, 3.63) is 52.5 Å². The third-order valence-electron chi connectivity index (χ3n) is 2.70. The molecule has 0 N–H and O–H groups in total. The Hall–Kier alpha value is -1.42. The fourth-order valence-electron chi connectivity index (χ4n) is 1.96. The first-order valence-electron chi connectivity index (χ1n) is 5.16. The van der Waals surface area contributed by atoms with Gasteiger partial charge < -0.3 is 4.57 Å². The molecule has 3 rings (SSSR count). The van der Waals surface area contributed by atoms with Crippen LogP contribution in [0.15, 0.2) is 46.3 Å². The van der Waals surface area contributed by atoms with Crippen molar-refractivity contribution in [2.45, 2.75) is 6.54 Å². The predicted molar refractivity (Wildman–Crippen MR) is 66.9 cm³/mol. The normalized spacial score (nSPS) is 14.4. The first-order chi connectivity index (χ1) is 7.86. The lowest BCUT2D eigenvalue weighted by Crippen LogP contribution is -2.19. The number of fused-ring (bicyclic) bond motifs is 1. The van der Waals surface area contributed by atoms with E-state index in [4.69, 9.17) is 0 Å². The van der Waals surface area contributed by atoms with Crippen LogP contribution in [0, 0.1) is 0 Å². The molecule has 0 fully saturated rings. The van der Waals surface area contributed by atoms with Gasteiger partial charge in [-0.05, 0) is 40.2 Å². The third kappa shape index (κ3) is 1.50. The van der Waals surface area contributed by atoms with Gasteiger partial charge in [-0.25, -0.2) is 0 Å². The fraction of sp³-hybridized carbons (Fsp3) is 0.167. The average molecular weight is 276 g/mol. The summed E-state index contributed by atoms with van der Waals surface area (Å²) in [7, 11) is 0. The van der Waals surface area contributed by atoms with Crippen molar-refractivity contribution in [2.75, 3.05) is 6.54 Å². The Morgan fingerprint density at radius 1 is 1.25 bits per heavy atom. The Bertz CT molecular complexity index is 543. The van der Waals surface area contributed by atoms with E-state index in [0.717, 1.165) is 34.7 Å². The van der Waals surface area contributed by atoms with E-state index < -0.39 is 0 Å². The molecule has 0 saturated carbocycles. The van der Waals surface area contributed by atoms with E-state index in [-0.39, 0.29) is 0 Å². The van der Waals surface area contributed by atoms with E-state index in [0.29, 0.717) is 0 Å². The summed E-state index contributed by atoms with van der Waals surface area (Å²) in [6.07, 6.45) is 3.64. The number of hydrogen-bond donors (Lipinski definition) is 0. The van der Waals surface area contributed by atoms with Crippen LogP contribution in [0.25, 0.3) is 0 Å². The van der Waals surface area contributed by atoms with Crippen molar-refractivity contribution in [3.63, 3.8) is 0 Å². The van der Waals surface area contributed by atoms with Crippen LogP contribution in [0.5, 0.6) is 0 Å². The van der Waals surface area contributed by atoms with Crippen LogP contribution in [0.2, 0.25) is 0 Å². The van der Waals surface area contributed by atoms with Crippen molar-refractivity contribution in [3.8, 4) is 0 Å². The van der Waals surface area contributed by atoms with Gasteiger partial charge in [0, 0.05) is 24.5 Å². The van der Waals surface area contributed by atoms with E-state index in [1.807, 2.05) is 18.3 Å². The predicted octanol–water partition coefficient (Wildman–Crippen LogP) is 2.50. The zero-order valence-corrected chi connectivity index (χ0v) is 10.2. The van der Waals surface area contributed by atoms with Crippen LogP contribution in [0.3, 0.4) is 0 Å². The van der Waals surface area contributed by atoms with E-state index >= 15 is 0 Å². The second-order valence-electron chi connectivity index (χ2n) is 3.66. The molecule has 0 saturated heterocycles. The standard InChI is InChI=1S/C12H10BrN3/c13-11-4-3-10-12(15-6-7-16(10)11)9-2-1-5-14-8-9/h1-5,8H,6-7H2. The summed E-state index contributed by atoms with van der Waals surface area (Å²) in [6, 6.07) is 8.14. The summed E-state index contributed by atoms with van der Waals surface area (Å²) < 4.78 is 3.34. The van der Waals surface area contributed by atoms with Crippen molar-refractivity contribution in [1.82, 2.24) is 9.55 Å². The van der Waals surface area contributed by atoms with Gasteiger partial charge in [-0.1, -0.05) is 0 Å². The molecule has 0 radical (unpaired) electrons. The maximum Gasteiger partial charge on any atom is 0.0899 e. The minimum Gasteiger partial charge on any atom is -0.332 e. The van der Waals surface area contributed by atoms with Crippen LogP contribution >= 0.6 is 15.9 Å². The maximum absolute atomic E-state index is 4.59. The molecule has 1 aliphatic heterocycles. The quantitative estimate of drug-likeness (QED) is 0.787. The highest BCUT2D eigenvalue weighted by Gasteiger charge is 2.17. The summed E-state index contributed by atoms with van der Waals surface area (Å²) in [5, 5.41) is 0. The van der Waals surface area contributed by atoms with E-state index in [1.165, 1.54) is 0 Å². The van der Waals surface area contributed by atoms with Gasteiger partial charge in [-0.15, -0.1) is 0 Å². The van der Waals surface area contributed by atoms with Gasteiger partial charge in [-0.3, -0.25) is 9.98 Å². The molecule has 3 nitrogen and oxygen atoms in total. The zero-order valence-electron chi connectivity index (χ0n) is 8.60. The Morgan fingerprint density at radius 3 is 3.00 bits per heavy atom. The maximum atomic E-state index is 4.59. The number of aliphatic imine (C=N–C) groups is 1. The van der Waals surface area contributed by atoms with Crippen molar-refractivity contribution < 1.29 is 0 Å². The second kappa shape index (κ2) is 3.87. The van der Waals surface area contributed by atoms with Gasteiger partial charge in [0.25, 0.3) is 0 Å². The molecule has 0 atom stereocenters.